The highest BCUT2D eigenvalue weighted by Crippen LogP contribution is 2.36. The molecule has 0 saturated carbocycles. The molecule has 0 aromatic heterocycles. The molecule has 0 fully saturated rings. The highest BCUT2D eigenvalue weighted by Gasteiger charge is 2.18. The molecule has 0 aliphatic heterocycles. The van der Waals surface area contributed by atoms with Crippen molar-refractivity contribution < 1.29 is 23.7 Å². The van der Waals surface area contributed by atoms with Crippen molar-refractivity contribution in [2.45, 2.75) is 52.8 Å². The van der Waals surface area contributed by atoms with Crippen LogP contribution in [0.2, 0.25) is 0 Å². The molecule has 8 aromatic rings. The Bertz CT molecular complexity index is 2520. The van der Waals surface area contributed by atoms with E-state index in [0.717, 1.165) is 84.4 Å². The fourth-order valence-electron chi connectivity index (χ4n) is 7.29. The Morgan fingerprint density at radius 1 is 0.295 bits per heavy atom. The van der Waals surface area contributed by atoms with E-state index in [-0.39, 0.29) is 0 Å². The van der Waals surface area contributed by atoms with Crippen LogP contribution in [-0.4, -0.2) is 0 Å². The maximum atomic E-state index is 6.88. The summed E-state index contributed by atoms with van der Waals surface area (Å²) in [5, 5.41) is 0. The van der Waals surface area contributed by atoms with Gasteiger partial charge in [-0.1, -0.05) is 175 Å². The van der Waals surface area contributed by atoms with Crippen LogP contribution in [0.15, 0.2) is 200 Å². The fourth-order valence-corrected chi connectivity index (χ4v) is 7.29. The highest BCUT2D eigenvalue weighted by atomic mass is 16.5. The summed E-state index contributed by atoms with van der Waals surface area (Å²) in [6.45, 7) is 4.38. The number of aryl methyl sites for hydroxylation is 1. The van der Waals surface area contributed by atoms with Gasteiger partial charge in [0.15, 0.2) is 0 Å². The largest absolute Gasteiger partial charge is 0.489 e. The van der Waals surface area contributed by atoms with Gasteiger partial charge in [0.05, 0.1) is 0 Å². The summed E-state index contributed by atoms with van der Waals surface area (Å²) in [4.78, 5) is 0. The molecule has 304 valence electrons. The zero-order valence-corrected chi connectivity index (χ0v) is 34.5. The van der Waals surface area contributed by atoms with Gasteiger partial charge in [0.2, 0.25) is 0 Å². The Morgan fingerprint density at radius 2 is 0.689 bits per heavy atom. The third kappa shape index (κ3) is 11.9. The first-order valence-corrected chi connectivity index (χ1v) is 20.8. The molecule has 0 heterocycles. The first kappa shape index (κ1) is 40.5. The Morgan fingerprint density at radius 3 is 1.15 bits per heavy atom. The predicted octanol–water partition coefficient (Wildman–Crippen LogP) is 13.1. The van der Waals surface area contributed by atoms with Gasteiger partial charge in [0, 0.05) is 25.0 Å². The van der Waals surface area contributed by atoms with E-state index in [1.54, 1.807) is 0 Å². The summed E-state index contributed by atoms with van der Waals surface area (Å²) < 4.78 is 32.6. The lowest BCUT2D eigenvalue weighted by molar-refractivity contribution is 0.287. The molecule has 5 heteroatoms. The average molecular weight is 803 g/mol. The molecule has 0 aliphatic rings. The van der Waals surface area contributed by atoms with Crippen LogP contribution >= 0.6 is 0 Å². The molecule has 5 nitrogen and oxygen atoms in total. The van der Waals surface area contributed by atoms with Crippen molar-refractivity contribution >= 4 is 0 Å². The molecule has 0 spiro atoms. The quantitative estimate of drug-likeness (QED) is 0.0815. The molecule has 0 radical (unpaired) electrons. The van der Waals surface area contributed by atoms with Crippen molar-refractivity contribution in [2.24, 2.45) is 0 Å². The first-order valence-electron chi connectivity index (χ1n) is 20.8. The topological polar surface area (TPSA) is 46.2 Å². The SMILES string of the molecule is Cc1cc(Cc2cc(OCc3ccccc3)cc(OCc3ccccc3)c2)c(OCc2ccccc2)c(Cc2ccc(OCc3ccccc3)cc2OCc2ccccc2)c1. The van der Waals surface area contributed by atoms with Crippen molar-refractivity contribution in [3.8, 4) is 28.7 Å². The van der Waals surface area contributed by atoms with E-state index in [1.165, 1.54) is 0 Å². The molecule has 0 aliphatic carbocycles. The molecule has 0 amide bonds. The van der Waals surface area contributed by atoms with Crippen molar-refractivity contribution in [1.29, 1.82) is 0 Å². The minimum Gasteiger partial charge on any atom is -0.489 e. The van der Waals surface area contributed by atoms with E-state index >= 15 is 0 Å². The number of ether oxygens (including phenoxy) is 5. The maximum Gasteiger partial charge on any atom is 0.127 e. The summed E-state index contributed by atoms with van der Waals surface area (Å²) in [5.74, 6) is 3.88. The summed E-state index contributed by atoms with van der Waals surface area (Å²) >= 11 is 0. The summed E-state index contributed by atoms with van der Waals surface area (Å²) in [6.07, 6.45) is 1.19. The van der Waals surface area contributed by atoms with Crippen LogP contribution in [0.4, 0.5) is 0 Å². The summed E-state index contributed by atoms with van der Waals surface area (Å²) in [7, 11) is 0. The van der Waals surface area contributed by atoms with Gasteiger partial charge in [0.1, 0.15) is 61.8 Å². The van der Waals surface area contributed by atoms with Gasteiger partial charge in [-0.15, -0.1) is 0 Å². The fraction of sp³-hybridized carbons (Fsp3) is 0.143. The molecule has 0 N–H and O–H groups in total. The van der Waals surface area contributed by atoms with Gasteiger partial charge in [-0.3, -0.25) is 0 Å². The average Bonchev–Trinajstić information content (AvgIpc) is 3.31. The molecule has 0 bridgehead atoms. The first-order chi connectivity index (χ1) is 30.1. The zero-order chi connectivity index (χ0) is 41.5. The van der Waals surface area contributed by atoms with Crippen molar-refractivity contribution in [3.63, 3.8) is 0 Å². The van der Waals surface area contributed by atoms with Gasteiger partial charge < -0.3 is 23.7 Å². The number of benzene rings is 8. The molecule has 61 heavy (non-hydrogen) atoms. The van der Waals surface area contributed by atoms with Crippen LogP contribution < -0.4 is 23.7 Å². The molecule has 8 rings (SSSR count). The van der Waals surface area contributed by atoms with Crippen LogP contribution in [0, 0.1) is 6.92 Å². The summed E-state index contributed by atoms with van der Waals surface area (Å²) in [5.41, 5.74) is 10.9. The van der Waals surface area contributed by atoms with E-state index in [4.69, 9.17) is 23.7 Å². The van der Waals surface area contributed by atoms with Gasteiger partial charge >= 0.3 is 0 Å². The van der Waals surface area contributed by atoms with Gasteiger partial charge in [0.25, 0.3) is 0 Å². The third-order valence-corrected chi connectivity index (χ3v) is 10.3. The maximum absolute atomic E-state index is 6.88. The Balaban J connectivity index is 1.13. The molecule has 0 atom stereocenters. The van der Waals surface area contributed by atoms with E-state index in [9.17, 15) is 0 Å². The van der Waals surface area contributed by atoms with Gasteiger partial charge in [-0.2, -0.15) is 0 Å². The Labute approximate surface area is 359 Å². The predicted molar refractivity (Wildman–Crippen MR) is 244 cm³/mol. The lowest BCUT2D eigenvalue weighted by Gasteiger charge is -2.20. The van der Waals surface area contributed by atoms with Gasteiger partial charge in [-0.05, 0) is 75.2 Å². The summed E-state index contributed by atoms with van der Waals surface area (Å²) in [6, 6.07) is 68.1. The van der Waals surface area contributed by atoms with Crippen LogP contribution in [0.25, 0.3) is 0 Å². The monoisotopic (exact) mass is 802 g/mol. The van der Waals surface area contributed by atoms with Crippen molar-refractivity contribution in [2.75, 3.05) is 0 Å². The zero-order valence-electron chi connectivity index (χ0n) is 34.5. The number of hydrogen-bond acceptors (Lipinski definition) is 5. The molecular weight excluding hydrogens is 753 g/mol. The standard InChI is InChI=1S/C56H50O5/c1-42-29-50(31-48-32-53(58-38-44-19-9-3-10-20-44)35-54(33-48)59-39-45-21-11-4-12-22-45)56(61-41-47-25-15-6-16-26-47)51(30-42)34-49-27-28-52(57-37-43-17-7-2-8-18-43)36-55(49)60-40-46-23-13-5-14-24-46/h2-30,32-33,35-36H,31,34,37-41H2,1H3. The lowest BCUT2D eigenvalue weighted by Crippen LogP contribution is -2.06. The van der Waals surface area contributed by atoms with E-state index < -0.39 is 0 Å². The second-order valence-corrected chi connectivity index (χ2v) is 15.2. The van der Waals surface area contributed by atoms with Crippen molar-refractivity contribution in [1.82, 2.24) is 0 Å². The van der Waals surface area contributed by atoms with E-state index in [2.05, 4.69) is 97.9 Å². The molecule has 0 unspecified atom stereocenters. The van der Waals surface area contributed by atoms with E-state index in [1.807, 2.05) is 109 Å². The minimum atomic E-state index is 0.430. The number of hydrogen-bond donors (Lipinski definition) is 0. The minimum absolute atomic E-state index is 0.430. The van der Waals surface area contributed by atoms with Crippen LogP contribution in [0.3, 0.4) is 0 Å². The second-order valence-electron chi connectivity index (χ2n) is 15.2. The normalized spacial score (nSPS) is 10.8. The van der Waals surface area contributed by atoms with Crippen LogP contribution in [-0.2, 0) is 45.9 Å². The van der Waals surface area contributed by atoms with Crippen LogP contribution in [0.1, 0.15) is 55.6 Å². The van der Waals surface area contributed by atoms with E-state index in [0.29, 0.717) is 45.9 Å². The molecule has 8 aromatic carbocycles. The Hall–Kier alpha value is -7.24. The smallest absolute Gasteiger partial charge is 0.127 e. The molecular formula is C56H50O5. The second kappa shape index (κ2) is 20.6. The van der Waals surface area contributed by atoms with Crippen molar-refractivity contribution in [3.05, 3.63) is 256 Å². The Kier molecular flexibility index (Phi) is 13.7. The van der Waals surface area contributed by atoms with Crippen LogP contribution in [0.5, 0.6) is 28.7 Å². The van der Waals surface area contributed by atoms with Gasteiger partial charge in [-0.25, -0.2) is 0 Å². The lowest BCUT2D eigenvalue weighted by atomic mass is 9.94. The third-order valence-electron chi connectivity index (χ3n) is 10.3. The number of rotatable bonds is 19. The molecule has 0 saturated heterocycles. The highest BCUT2D eigenvalue weighted by molar-refractivity contribution is 5.52.